The van der Waals surface area contributed by atoms with Gasteiger partial charge in [-0.05, 0) is 50.2 Å². The number of hydrogen-bond acceptors (Lipinski definition) is 6. The highest BCUT2D eigenvalue weighted by molar-refractivity contribution is 5.87. The Hall–Kier alpha value is -6.15. The molecule has 8 heteroatoms. The van der Waals surface area contributed by atoms with Gasteiger partial charge in [0.1, 0.15) is 17.1 Å². The van der Waals surface area contributed by atoms with E-state index in [0.717, 1.165) is 64.0 Å². The van der Waals surface area contributed by atoms with Gasteiger partial charge in [0, 0.05) is 18.5 Å². The molecule has 7 rings (SSSR count). The molecule has 8 nitrogen and oxygen atoms in total. The first-order chi connectivity index (χ1) is 24.6. The molecule has 50 heavy (non-hydrogen) atoms. The van der Waals surface area contributed by atoms with Gasteiger partial charge in [-0.2, -0.15) is 0 Å². The number of aryl methyl sites for hydroxylation is 1. The zero-order valence-electron chi connectivity index (χ0n) is 28.2. The number of methoxy groups -OCH3 is 1. The van der Waals surface area contributed by atoms with Crippen LogP contribution in [0.5, 0.6) is 0 Å². The minimum Gasteiger partial charge on any atom is -0.464 e. The number of benzene rings is 5. The van der Waals surface area contributed by atoms with Crippen LogP contribution in [0, 0.1) is 0 Å². The number of hydrogen-bond donors (Lipinski definition) is 0. The molecule has 0 aliphatic heterocycles. The third-order valence-electron chi connectivity index (χ3n) is 9.22. The second-order valence-electron chi connectivity index (χ2n) is 12.2. The van der Waals surface area contributed by atoms with Crippen molar-refractivity contribution < 1.29 is 9.53 Å². The number of rotatable bonds is 12. The molecule has 0 amide bonds. The third kappa shape index (κ3) is 6.00. The first-order valence-corrected chi connectivity index (χ1v) is 16.9. The van der Waals surface area contributed by atoms with E-state index in [1.165, 1.54) is 7.11 Å². The number of nitrogens with zero attached hydrogens (tertiary/aromatic N) is 6. The Labute approximate surface area is 292 Å². The molecule has 0 spiro atoms. The number of esters is 1. The molecule has 2 heterocycles. The highest BCUT2D eigenvalue weighted by atomic mass is 16.5. The predicted molar refractivity (Wildman–Crippen MR) is 195 cm³/mol. The molecule has 0 aliphatic carbocycles. The molecule has 0 aliphatic rings. The second kappa shape index (κ2) is 14.5. The summed E-state index contributed by atoms with van der Waals surface area (Å²) < 4.78 is 8.99. The van der Waals surface area contributed by atoms with Gasteiger partial charge in [-0.3, -0.25) is 0 Å². The van der Waals surface area contributed by atoms with E-state index in [9.17, 15) is 4.79 Å². The van der Waals surface area contributed by atoms with Crippen molar-refractivity contribution in [1.82, 2.24) is 29.8 Å². The van der Waals surface area contributed by atoms with E-state index in [1.807, 2.05) is 39.6 Å². The van der Waals surface area contributed by atoms with E-state index in [1.54, 1.807) is 6.20 Å². The lowest BCUT2D eigenvalue weighted by Gasteiger charge is -2.36. The zero-order chi connectivity index (χ0) is 34.3. The molecule has 0 bridgehead atoms. The van der Waals surface area contributed by atoms with Gasteiger partial charge in [-0.15, -0.1) is 5.10 Å². The number of tetrazole rings is 1. The van der Waals surface area contributed by atoms with E-state index >= 15 is 0 Å². The summed E-state index contributed by atoms with van der Waals surface area (Å²) in [5.41, 5.74) is 6.68. The van der Waals surface area contributed by atoms with Gasteiger partial charge < -0.3 is 9.30 Å². The molecule has 0 unspecified atom stereocenters. The van der Waals surface area contributed by atoms with Crippen LogP contribution in [-0.4, -0.2) is 42.8 Å². The van der Waals surface area contributed by atoms with Crippen molar-refractivity contribution in [3.8, 4) is 22.5 Å². The molecule has 7 aromatic rings. The summed E-state index contributed by atoms with van der Waals surface area (Å²) in [5, 5.41) is 13.8. The van der Waals surface area contributed by atoms with Crippen molar-refractivity contribution in [3.05, 3.63) is 179 Å². The van der Waals surface area contributed by atoms with Crippen molar-refractivity contribution in [2.45, 2.75) is 38.3 Å². The van der Waals surface area contributed by atoms with Gasteiger partial charge in [-0.25, -0.2) is 14.5 Å². The van der Waals surface area contributed by atoms with Gasteiger partial charge in [0.2, 0.25) is 0 Å². The fraction of sp³-hybridized carbons (Fsp3) is 0.167. The van der Waals surface area contributed by atoms with Crippen molar-refractivity contribution in [1.29, 1.82) is 0 Å². The van der Waals surface area contributed by atoms with E-state index < -0.39 is 5.54 Å². The van der Waals surface area contributed by atoms with Gasteiger partial charge in [0.25, 0.3) is 0 Å². The maximum Gasteiger partial charge on any atom is 0.356 e. The minimum absolute atomic E-state index is 0.388. The van der Waals surface area contributed by atoms with Crippen LogP contribution < -0.4 is 0 Å². The first-order valence-electron chi connectivity index (χ1n) is 16.9. The maximum atomic E-state index is 12.6. The van der Waals surface area contributed by atoms with E-state index in [2.05, 4.69) is 126 Å². The maximum absolute atomic E-state index is 12.6. The average Bonchev–Trinajstić information content (AvgIpc) is 3.83. The highest BCUT2D eigenvalue weighted by Gasteiger charge is 2.42. The van der Waals surface area contributed by atoms with Crippen LogP contribution in [0.1, 0.15) is 58.3 Å². The summed E-state index contributed by atoms with van der Waals surface area (Å²) in [4.78, 5) is 17.1. The second-order valence-corrected chi connectivity index (χ2v) is 12.2. The van der Waals surface area contributed by atoms with Crippen LogP contribution in [0.4, 0.5) is 0 Å². The molecule has 0 atom stereocenters. The Kier molecular flexibility index (Phi) is 9.42. The zero-order valence-corrected chi connectivity index (χ0v) is 28.2. The fourth-order valence-corrected chi connectivity index (χ4v) is 6.78. The smallest absolute Gasteiger partial charge is 0.356 e. The topological polar surface area (TPSA) is 87.7 Å². The fourth-order valence-electron chi connectivity index (χ4n) is 6.78. The van der Waals surface area contributed by atoms with E-state index in [-0.39, 0.29) is 5.97 Å². The summed E-state index contributed by atoms with van der Waals surface area (Å²) in [7, 11) is 1.40. The van der Waals surface area contributed by atoms with Gasteiger partial charge >= 0.3 is 5.97 Å². The summed E-state index contributed by atoms with van der Waals surface area (Å²) in [6, 6.07) is 47.9. The van der Waals surface area contributed by atoms with Gasteiger partial charge in [-0.1, -0.05) is 153 Å². The Morgan fingerprint density at radius 1 is 0.720 bits per heavy atom. The van der Waals surface area contributed by atoms with Crippen LogP contribution in [0.3, 0.4) is 0 Å². The first kappa shape index (κ1) is 32.4. The number of ether oxygens (including phenoxy) is 1. The molecule has 5 aromatic carbocycles. The van der Waals surface area contributed by atoms with Crippen LogP contribution >= 0.6 is 0 Å². The summed E-state index contributed by atoms with van der Waals surface area (Å²) in [6.07, 6.45) is 4.45. The number of unbranched alkanes of at least 4 members (excludes halogenated alkanes) is 1. The van der Waals surface area contributed by atoms with Gasteiger partial charge in [0.05, 0.1) is 13.3 Å². The van der Waals surface area contributed by atoms with Crippen LogP contribution in [0.15, 0.2) is 146 Å². The van der Waals surface area contributed by atoms with E-state index in [0.29, 0.717) is 18.1 Å². The third-order valence-corrected chi connectivity index (χ3v) is 9.22. The van der Waals surface area contributed by atoms with Crippen LogP contribution in [0.25, 0.3) is 22.5 Å². The standard InChI is InChI=1S/C42H38N6O2/c1-3-4-24-39-43-29-38(41(49)50-2)47(39)30-31-25-27-32(28-26-31)36-22-14-15-23-37(36)40-44-45-46-48(40)42(33-16-8-5-9-17-33,34-18-10-6-11-19-34)35-20-12-7-13-21-35/h5-23,25-29H,3-4,24,30H2,1-2H3. The number of imidazole rings is 1. The molecular formula is C42H38N6O2. The summed E-state index contributed by atoms with van der Waals surface area (Å²) in [5.74, 6) is 1.14. The Bertz CT molecular complexity index is 2080. The van der Waals surface area contributed by atoms with Crippen molar-refractivity contribution in [2.24, 2.45) is 0 Å². The lowest BCUT2D eigenvalue weighted by molar-refractivity contribution is 0.0588. The Morgan fingerprint density at radius 3 is 1.84 bits per heavy atom. The quantitative estimate of drug-likeness (QED) is 0.0971. The van der Waals surface area contributed by atoms with Crippen molar-refractivity contribution >= 4 is 5.97 Å². The molecule has 0 radical (unpaired) electrons. The summed E-state index contributed by atoms with van der Waals surface area (Å²) >= 11 is 0. The lowest BCUT2D eigenvalue weighted by atomic mass is 9.77. The molecule has 0 fully saturated rings. The molecule has 2 aromatic heterocycles. The molecule has 0 saturated heterocycles. The summed E-state index contributed by atoms with van der Waals surface area (Å²) in [6.45, 7) is 2.66. The average molecular weight is 659 g/mol. The molecular weight excluding hydrogens is 621 g/mol. The van der Waals surface area contributed by atoms with Gasteiger partial charge in [0.15, 0.2) is 5.82 Å². The van der Waals surface area contributed by atoms with Crippen LogP contribution in [-0.2, 0) is 23.2 Å². The number of carbonyl (C=O) groups excluding carboxylic acids is 1. The number of aromatic nitrogens is 6. The van der Waals surface area contributed by atoms with Crippen molar-refractivity contribution in [2.75, 3.05) is 7.11 Å². The molecule has 0 saturated carbocycles. The highest BCUT2D eigenvalue weighted by Crippen LogP contribution is 2.43. The van der Waals surface area contributed by atoms with Crippen molar-refractivity contribution in [3.63, 3.8) is 0 Å². The van der Waals surface area contributed by atoms with Crippen LogP contribution in [0.2, 0.25) is 0 Å². The lowest BCUT2D eigenvalue weighted by Crippen LogP contribution is -2.39. The molecule has 248 valence electrons. The SMILES string of the molecule is CCCCc1ncc(C(=O)OC)n1Cc1ccc(-c2ccccc2-c2nnnn2C(c2ccccc2)(c2ccccc2)c2ccccc2)cc1. The largest absolute Gasteiger partial charge is 0.464 e. The predicted octanol–water partition coefficient (Wildman–Crippen LogP) is 8.22. The number of carbonyl (C=O) groups is 1. The Morgan fingerprint density at radius 2 is 1.28 bits per heavy atom. The van der Waals surface area contributed by atoms with E-state index in [4.69, 9.17) is 15.0 Å². The normalized spacial score (nSPS) is 11.4. The Balaban J connectivity index is 1.33. The molecule has 0 N–H and O–H groups in total. The monoisotopic (exact) mass is 658 g/mol. The minimum atomic E-state index is -0.864.